The third-order valence-electron chi connectivity index (χ3n) is 3.13. The van der Waals surface area contributed by atoms with Gasteiger partial charge in [0.1, 0.15) is 0 Å². The van der Waals surface area contributed by atoms with Crippen LogP contribution in [0.1, 0.15) is 17.1 Å². The number of benzene rings is 1. The minimum atomic E-state index is 1.05. The maximum absolute atomic E-state index is 4.66. The minimum absolute atomic E-state index is 1.05. The number of aryl methyl sites for hydroxylation is 3. The summed E-state index contributed by atoms with van der Waals surface area (Å²) in [4.78, 5) is 9.16. The molecule has 84 valence electrons. The Hall–Kier alpha value is -1.96. The second kappa shape index (κ2) is 3.52. The molecular weight excluding hydrogens is 208 g/mol. The molecule has 0 unspecified atom stereocenters. The molecular formula is C15H14N2. The lowest BCUT2D eigenvalue weighted by atomic mass is 10.0. The number of aromatic nitrogens is 2. The molecule has 2 nitrogen and oxygen atoms in total. The quantitative estimate of drug-likeness (QED) is 0.542. The van der Waals surface area contributed by atoms with Crippen LogP contribution in [0.5, 0.6) is 0 Å². The van der Waals surface area contributed by atoms with Crippen LogP contribution in [0.2, 0.25) is 0 Å². The average molecular weight is 222 g/mol. The van der Waals surface area contributed by atoms with Crippen molar-refractivity contribution in [3.63, 3.8) is 0 Å². The van der Waals surface area contributed by atoms with Gasteiger partial charge < -0.3 is 0 Å². The molecule has 0 saturated carbocycles. The molecule has 0 amide bonds. The molecule has 0 fully saturated rings. The van der Waals surface area contributed by atoms with Gasteiger partial charge in [0.05, 0.1) is 5.52 Å². The fraction of sp³-hybridized carbons (Fsp3) is 0.200. The van der Waals surface area contributed by atoms with Crippen molar-refractivity contribution in [1.82, 2.24) is 9.97 Å². The number of hydrogen-bond donors (Lipinski definition) is 0. The first-order valence-corrected chi connectivity index (χ1v) is 5.79. The van der Waals surface area contributed by atoms with Crippen LogP contribution in [0.25, 0.3) is 21.7 Å². The number of nitrogens with zero attached hydrogens (tertiary/aromatic N) is 2. The van der Waals surface area contributed by atoms with Gasteiger partial charge in [0, 0.05) is 33.2 Å². The summed E-state index contributed by atoms with van der Waals surface area (Å²) in [6.07, 6.45) is 0. The molecule has 3 rings (SSSR count). The van der Waals surface area contributed by atoms with Gasteiger partial charge in [0.25, 0.3) is 0 Å². The topological polar surface area (TPSA) is 25.8 Å². The van der Waals surface area contributed by atoms with E-state index in [1.54, 1.807) is 0 Å². The molecule has 0 saturated heterocycles. The molecule has 2 heterocycles. The van der Waals surface area contributed by atoms with Crippen LogP contribution in [-0.4, -0.2) is 9.97 Å². The Morgan fingerprint density at radius 3 is 2.35 bits per heavy atom. The lowest BCUT2D eigenvalue weighted by Gasteiger charge is -2.07. The van der Waals surface area contributed by atoms with Gasteiger partial charge in [-0.25, -0.2) is 0 Å². The van der Waals surface area contributed by atoms with Crippen LogP contribution in [0, 0.1) is 20.8 Å². The van der Waals surface area contributed by atoms with E-state index in [1.165, 1.54) is 16.2 Å². The molecule has 0 aliphatic heterocycles. The van der Waals surface area contributed by atoms with Crippen molar-refractivity contribution in [2.75, 3.05) is 0 Å². The molecule has 2 heteroatoms. The maximum atomic E-state index is 4.66. The Morgan fingerprint density at radius 1 is 0.765 bits per heavy atom. The normalized spacial score (nSPS) is 11.2. The predicted molar refractivity (Wildman–Crippen MR) is 71.3 cm³/mol. The summed E-state index contributed by atoms with van der Waals surface area (Å²) in [5.74, 6) is 0. The van der Waals surface area contributed by atoms with Crippen LogP contribution in [0.15, 0.2) is 30.3 Å². The first-order valence-electron chi connectivity index (χ1n) is 5.79. The van der Waals surface area contributed by atoms with Gasteiger partial charge in [0.15, 0.2) is 0 Å². The Labute approximate surface area is 100 Å². The summed E-state index contributed by atoms with van der Waals surface area (Å²) in [6, 6.07) is 10.6. The zero-order valence-electron chi connectivity index (χ0n) is 10.3. The van der Waals surface area contributed by atoms with Crippen LogP contribution >= 0.6 is 0 Å². The van der Waals surface area contributed by atoms with Crippen molar-refractivity contribution in [2.24, 2.45) is 0 Å². The molecule has 0 atom stereocenters. The average Bonchev–Trinajstić information content (AvgIpc) is 2.28. The van der Waals surface area contributed by atoms with Gasteiger partial charge in [-0.15, -0.1) is 0 Å². The Balaban J connectivity index is 2.58. The smallest absolute Gasteiger partial charge is 0.0784 e. The van der Waals surface area contributed by atoms with E-state index in [0.29, 0.717) is 0 Å². The van der Waals surface area contributed by atoms with Crippen molar-refractivity contribution >= 4 is 21.7 Å². The van der Waals surface area contributed by atoms with Crippen LogP contribution in [-0.2, 0) is 0 Å². The number of hydrogen-bond acceptors (Lipinski definition) is 2. The zero-order valence-corrected chi connectivity index (χ0v) is 10.3. The molecule has 0 bridgehead atoms. The van der Waals surface area contributed by atoms with E-state index in [9.17, 15) is 0 Å². The summed E-state index contributed by atoms with van der Waals surface area (Å²) in [6.45, 7) is 6.11. The largest absolute Gasteiger partial charge is 0.258 e. The summed E-state index contributed by atoms with van der Waals surface area (Å²) >= 11 is 0. The van der Waals surface area contributed by atoms with E-state index in [4.69, 9.17) is 0 Å². The highest BCUT2D eigenvalue weighted by Gasteiger charge is 2.05. The first-order chi connectivity index (χ1) is 8.15. The highest BCUT2D eigenvalue weighted by atomic mass is 14.7. The third-order valence-corrected chi connectivity index (χ3v) is 3.13. The minimum Gasteiger partial charge on any atom is -0.258 e. The Bertz CT molecular complexity index is 730. The monoisotopic (exact) mass is 222 g/mol. The fourth-order valence-corrected chi connectivity index (χ4v) is 2.34. The van der Waals surface area contributed by atoms with E-state index in [1.807, 2.05) is 13.8 Å². The molecule has 3 aromatic rings. The summed E-state index contributed by atoms with van der Waals surface area (Å²) in [7, 11) is 0. The van der Waals surface area contributed by atoms with Crippen LogP contribution in [0.3, 0.4) is 0 Å². The molecule has 17 heavy (non-hydrogen) atoms. The predicted octanol–water partition coefficient (Wildman–Crippen LogP) is 3.71. The second-order valence-electron chi connectivity index (χ2n) is 4.53. The number of fused-ring (bicyclic) bond motifs is 3. The van der Waals surface area contributed by atoms with E-state index < -0.39 is 0 Å². The van der Waals surface area contributed by atoms with Gasteiger partial charge in [-0.05, 0) is 32.9 Å². The molecule has 0 aliphatic rings. The SMILES string of the molecule is Cc1cc2c(ccc3ccc(C)nc32)c(C)n1. The zero-order chi connectivity index (χ0) is 12.0. The summed E-state index contributed by atoms with van der Waals surface area (Å²) in [5.41, 5.74) is 4.25. The van der Waals surface area contributed by atoms with Crippen LogP contribution in [0.4, 0.5) is 0 Å². The fourth-order valence-electron chi connectivity index (χ4n) is 2.34. The number of pyridine rings is 2. The van der Waals surface area contributed by atoms with Crippen molar-refractivity contribution in [2.45, 2.75) is 20.8 Å². The van der Waals surface area contributed by atoms with Gasteiger partial charge >= 0.3 is 0 Å². The Kier molecular flexibility index (Phi) is 2.11. The van der Waals surface area contributed by atoms with Crippen molar-refractivity contribution < 1.29 is 0 Å². The highest BCUT2D eigenvalue weighted by Crippen LogP contribution is 2.26. The van der Waals surface area contributed by atoms with E-state index in [2.05, 4.69) is 47.2 Å². The standard InChI is InChI=1S/C15H14N2/c1-9-4-5-12-6-7-13-11(3)16-10(2)8-14(13)15(12)17-9/h4-8H,1-3H3. The van der Waals surface area contributed by atoms with Gasteiger partial charge in [-0.3, -0.25) is 9.97 Å². The lowest BCUT2D eigenvalue weighted by molar-refractivity contribution is 1.15. The van der Waals surface area contributed by atoms with Gasteiger partial charge in [0.2, 0.25) is 0 Å². The molecule has 2 aromatic heterocycles. The van der Waals surface area contributed by atoms with E-state index in [0.717, 1.165) is 22.6 Å². The van der Waals surface area contributed by atoms with E-state index >= 15 is 0 Å². The second-order valence-corrected chi connectivity index (χ2v) is 4.53. The molecule has 0 aliphatic carbocycles. The van der Waals surface area contributed by atoms with Crippen molar-refractivity contribution in [3.05, 3.63) is 47.4 Å². The molecule has 0 radical (unpaired) electrons. The highest BCUT2D eigenvalue weighted by molar-refractivity contribution is 6.05. The summed E-state index contributed by atoms with van der Waals surface area (Å²) < 4.78 is 0. The lowest BCUT2D eigenvalue weighted by Crippen LogP contribution is -1.91. The molecule has 0 N–H and O–H groups in total. The van der Waals surface area contributed by atoms with E-state index in [-0.39, 0.29) is 0 Å². The van der Waals surface area contributed by atoms with Gasteiger partial charge in [-0.1, -0.05) is 18.2 Å². The summed E-state index contributed by atoms with van der Waals surface area (Å²) in [5, 5.41) is 3.59. The van der Waals surface area contributed by atoms with Crippen molar-refractivity contribution in [1.29, 1.82) is 0 Å². The van der Waals surface area contributed by atoms with Crippen LogP contribution < -0.4 is 0 Å². The third kappa shape index (κ3) is 1.57. The van der Waals surface area contributed by atoms with Gasteiger partial charge in [-0.2, -0.15) is 0 Å². The molecule has 1 aromatic carbocycles. The maximum Gasteiger partial charge on any atom is 0.0784 e. The van der Waals surface area contributed by atoms with Crippen molar-refractivity contribution in [3.8, 4) is 0 Å². The number of rotatable bonds is 0. The Morgan fingerprint density at radius 2 is 1.53 bits per heavy atom. The first kappa shape index (κ1) is 10.2. The molecule has 0 spiro atoms.